The maximum Gasteiger partial charge on any atom is 0.146 e. The summed E-state index contributed by atoms with van der Waals surface area (Å²) in [5.41, 5.74) is 1.32. The third-order valence-corrected chi connectivity index (χ3v) is 7.20. The summed E-state index contributed by atoms with van der Waals surface area (Å²) in [4.78, 5) is 21.4. The molecule has 154 valence electrons. The standard InChI is InChI=1S/C20H27N7OS/c1-14-15(2)29-20-18(14)19(23-17(24-20)11-25-7-9-28-10-8-25)26-5-3-16(4-6-26)27-13-21-12-22-27/h12-13,16H,3-11H2,1-2H3. The monoisotopic (exact) mass is 413 g/mol. The first-order valence-electron chi connectivity index (χ1n) is 10.3. The fraction of sp³-hybridized carbons (Fsp3) is 0.600. The van der Waals surface area contributed by atoms with Gasteiger partial charge in [0.1, 0.15) is 29.1 Å². The highest BCUT2D eigenvalue weighted by molar-refractivity contribution is 7.18. The third-order valence-electron chi connectivity index (χ3n) is 6.10. The van der Waals surface area contributed by atoms with Crippen LogP contribution in [0, 0.1) is 13.8 Å². The Hall–Kier alpha value is -2.10. The minimum atomic E-state index is 0.421. The van der Waals surface area contributed by atoms with Gasteiger partial charge in [0, 0.05) is 31.1 Å². The van der Waals surface area contributed by atoms with Gasteiger partial charge in [-0.3, -0.25) is 4.90 Å². The number of nitrogens with zero attached hydrogens (tertiary/aromatic N) is 7. The summed E-state index contributed by atoms with van der Waals surface area (Å²) in [6.45, 7) is 10.6. The zero-order chi connectivity index (χ0) is 19.8. The summed E-state index contributed by atoms with van der Waals surface area (Å²) >= 11 is 1.79. The van der Waals surface area contributed by atoms with Gasteiger partial charge in [-0.25, -0.2) is 19.6 Å². The number of rotatable bonds is 4. The number of thiophene rings is 1. The zero-order valence-corrected chi connectivity index (χ0v) is 17.9. The van der Waals surface area contributed by atoms with E-state index in [-0.39, 0.29) is 0 Å². The summed E-state index contributed by atoms with van der Waals surface area (Å²) in [7, 11) is 0. The second-order valence-electron chi connectivity index (χ2n) is 7.91. The van der Waals surface area contributed by atoms with Crippen LogP contribution in [0.5, 0.6) is 0 Å². The summed E-state index contributed by atoms with van der Waals surface area (Å²) in [5, 5.41) is 5.57. The number of hydrogen-bond donors (Lipinski definition) is 0. The van der Waals surface area contributed by atoms with E-state index < -0.39 is 0 Å². The van der Waals surface area contributed by atoms with Crippen molar-refractivity contribution in [3.05, 3.63) is 28.9 Å². The largest absolute Gasteiger partial charge is 0.379 e. The molecule has 2 aliphatic heterocycles. The molecule has 0 aliphatic carbocycles. The molecule has 0 amide bonds. The van der Waals surface area contributed by atoms with Crippen molar-refractivity contribution in [1.29, 1.82) is 0 Å². The summed E-state index contributed by atoms with van der Waals surface area (Å²) in [6.07, 6.45) is 5.55. The molecular weight excluding hydrogens is 386 g/mol. The van der Waals surface area contributed by atoms with Crippen molar-refractivity contribution in [3.63, 3.8) is 0 Å². The Morgan fingerprint density at radius 3 is 2.62 bits per heavy atom. The van der Waals surface area contributed by atoms with Gasteiger partial charge in [-0.15, -0.1) is 11.3 Å². The predicted octanol–water partition coefficient (Wildman–Crippen LogP) is 2.57. The summed E-state index contributed by atoms with van der Waals surface area (Å²) in [6, 6.07) is 0.421. The average Bonchev–Trinajstić information content (AvgIpc) is 3.37. The lowest BCUT2D eigenvalue weighted by atomic mass is 10.0. The van der Waals surface area contributed by atoms with Crippen molar-refractivity contribution >= 4 is 27.4 Å². The Morgan fingerprint density at radius 2 is 1.90 bits per heavy atom. The molecule has 0 saturated carbocycles. The molecule has 2 aliphatic rings. The van der Waals surface area contributed by atoms with Crippen LogP contribution in [0.25, 0.3) is 10.2 Å². The van der Waals surface area contributed by atoms with Crippen molar-refractivity contribution in [2.75, 3.05) is 44.3 Å². The van der Waals surface area contributed by atoms with Crippen molar-refractivity contribution in [1.82, 2.24) is 29.6 Å². The fourth-order valence-electron chi connectivity index (χ4n) is 4.28. The van der Waals surface area contributed by atoms with Gasteiger partial charge in [0.05, 0.1) is 31.2 Å². The molecule has 3 aromatic heterocycles. The quantitative estimate of drug-likeness (QED) is 0.651. The van der Waals surface area contributed by atoms with Crippen LogP contribution in [0.2, 0.25) is 0 Å². The topological polar surface area (TPSA) is 72.2 Å². The predicted molar refractivity (Wildman–Crippen MR) is 113 cm³/mol. The van der Waals surface area contributed by atoms with E-state index in [1.165, 1.54) is 15.8 Å². The van der Waals surface area contributed by atoms with Crippen LogP contribution in [-0.4, -0.2) is 69.0 Å². The maximum absolute atomic E-state index is 5.49. The van der Waals surface area contributed by atoms with E-state index in [4.69, 9.17) is 14.7 Å². The minimum absolute atomic E-state index is 0.421. The molecule has 0 N–H and O–H groups in total. The van der Waals surface area contributed by atoms with Crippen LogP contribution in [-0.2, 0) is 11.3 Å². The third kappa shape index (κ3) is 3.74. The van der Waals surface area contributed by atoms with E-state index >= 15 is 0 Å². The molecule has 5 rings (SSSR count). The van der Waals surface area contributed by atoms with Crippen molar-refractivity contribution in [2.45, 2.75) is 39.3 Å². The van der Waals surface area contributed by atoms with Gasteiger partial charge in [-0.1, -0.05) is 0 Å². The van der Waals surface area contributed by atoms with Crippen LogP contribution in [0.1, 0.15) is 35.1 Å². The lowest BCUT2D eigenvalue weighted by Gasteiger charge is -2.33. The molecule has 0 radical (unpaired) electrons. The van der Waals surface area contributed by atoms with Gasteiger partial charge < -0.3 is 9.64 Å². The second-order valence-corrected chi connectivity index (χ2v) is 9.11. The average molecular weight is 414 g/mol. The van der Waals surface area contributed by atoms with E-state index in [1.807, 2.05) is 11.0 Å². The highest BCUT2D eigenvalue weighted by atomic mass is 32.1. The molecular formula is C20H27N7OS. The summed E-state index contributed by atoms with van der Waals surface area (Å²) < 4.78 is 7.48. The van der Waals surface area contributed by atoms with Crippen LogP contribution in [0.4, 0.5) is 5.82 Å². The first-order chi connectivity index (χ1) is 14.2. The van der Waals surface area contributed by atoms with Gasteiger partial charge in [0.2, 0.25) is 0 Å². The van der Waals surface area contributed by atoms with Crippen LogP contribution < -0.4 is 4.90 Å². The van der Waals surface area contributed by atoms with Crippen molar-refractivity contribution in [2.24, 2.45) is 0 Å². The van der Waals surface area contributed by atoms with Crippen molar-refractivity contribution in [3.8, 4) is 0 Å². The van der Waals surface area contributed by atoms with Gasteiger partial charge >= 0.3 is 0 Å². The molecule has 0 aromatic carbocycles. The lowest BCUT2D eigenvalue weighted by molar-refractivity contribution is 0.0331. The molecule has 2 fully saturated rings. The molecule has 29 heavy (non-hydrogen) atoms. The number of piperidine rings is 1. The number of fused-ring (bicyclic) bond motifs is 1. The zero-order valence-electron chi connectivity index (χ0n) is 17.0. The molecule has 0 unspecified atom stereocenters. The van der Waals surface area contributed by atoms with Crippen molar-refractivity contribution < 1.29 is 4.74 Å². The molecule has 5 heterocycles. The van der Waals surface area contributed by atoms with Gasteiger partial charge in [0.15, 0.2) is 0 Å². The van der Waals surface area contributed by atoms with Crippen LogP contribution >= 0.6 is 11.3 Å². The fourth-order valence-corrected chi connectivity index (χ4v) is 5.32. The molecule has 0 bridgehead atoms. The molecule has 2 saturated heterocycles. The van der Waals surface area contributed by atoms with E-state index in [0.717, 1.165) is 75.3 Å². The first-order valence-corrected chi connectivity index (χ1v) is 11.2. The number of hydrogen-bond acceptors (Lipinski definition) is 8. The Kier molecular flexibility index (Phi) is 5.19. The molecule has 0 spiro atoms. The molecule has 8 nitrogen and oxygen atoms in total. The number of ether oxygens (including phenoxy) is 1. The molecule has 9 heteroatoms. The highest BCUT2D eigenvalue weighted by Gasteiger charge is 2.26. The van der Waals surface area contributed by atoms with E-state index in [9.17, 15) is 0 Å². The summed E-state index contributed by atoms with van der Waals surface area (Å²) in [5.74, 6) is 2.03. The van der Waals surface area contributed by atoms with Crippen LogP contribution in [0.15, 0.2) is 12.7 Å². The first kappa shape index (κ1) is 18.9. The van der Waals surface area contributed by atoms with Crippen LogP contribution in [0.3, 0.4) is 0 Å². The lowest BCUT2D eigenvalue weighted by Crippen LogP contribution is -2.37. The Balaban J connectivity index is 1.43. The van der Waals surface area contributed by atoms with E-state index in [2.05, 4.69) is 33.7 Å². The Bertz CT molecular complexity index is 973. The highest BCUT2D eigenvalue weighted by Crippen LogP contribution is 2.37. The van der Waals surface area contributed by atoms with E-state index in [1.54, 1.807) is 17.7 Å². The number of aromatic nitrogens is 5. The number of anilines is 1. The SMILES string of the molecule is Cc1sc2nc(CN3CCOCC3)nc(N3CCC(n4cncn4)CC3)c2c1C. The van der Waals surface area contributed by atoms with Gasteiger partial charge in [-0.05, 0) is 32.3 Å². The number of aryl methyl sites for hydroxylation is 2. The Morgan fingerprint density at radius 1 is 1.10 bits per heavy atom. The van der Waals surface area contributed by atoms with Gasteiger partial charge in [-0.2, -0.15) is 5.10 Å². The Labute approximate surface area is 174 Å². The molecule has 3 aromatic rings. The second kappa shape index (κ2) is 7.97. The number of morpholine rings is 1. The normalized spacial score (nSPS) is 19.3. The minimum Gasteiger partial charge on any atom is -0.379 e. The van der Waals surface area contributed by atoms with E-state index in [0.29, 0.717) is 6.04 Å². The maximum atomic E-state index is 5.49. The van der Waals surface area contributed by atoms with Gasteiger partial charge in [0.25, 0.3) is 0 Å². The smallest absolute Gasteiger partial charge is 0.146 e. The molecule has 0 atom stereocenters.